The molecule has 2 heteroatoms. The summed E-state index contributed by atoms with van der Waals surface area (Å²) in [5.74, 6) is 0. The zero-order chi connectivity index (χ0) is 7.03. The molecule has 0 radical (unpaired) electrons. The van der Waals surface area contributed by atoms with Gasteiger partial charge in [0, 0.05) is 12.0 Å². The van der Waals surface area contributed by atoms with Crippen LogP contribution in [0, 0.1) is 5.41 Å². The fourth-order valence-corrected chi connectivity index (χ4v) is 2.20. The quantitative estimate of drug-likeness (QED) is 0.545. The fourth-order valence-electron chi connectivity index (χ4n) is 2.20. The van der Waals surface area contributed by atoms with Gasteiger partial charge >= 0.3 is 0 Å². The average molecular weight is 142 g/mol. The van der Waals surface area contributed by atoms with Gasteiger partial charge in [0.15, 0.2) is 0 Å². The minimum absolute atomic E-state index is 0.0741. The second-order valence-electron chi connectivity index (χ2n) is 3.57. The Balaban J connectivity index is 2.11. The lowest BCUT2D eigenvalue weighted by Gasteiger charge is -2.24. The molecule has 2 atom stereocenters. The normalized spacial score (nSPS) is 47.1. The van der Waals surface area contributed by atoms with Gasteiger partial charge < -0.3 is 9.84 Å². The molecule has 1 saturated heterocycles. The molecule has 1 N–H and O–H groups in total. The second kappa shape index (κ2) is 2.21. The number of hydrogen-bond acceptors (Lipinski definition) is 2. The second-order valence-corrected chi connectivity index (χ2v) is 3.57. The third-order valence-electron chi connectivity index (χ3n) is 2.99. The first-order chi connectivity index (χ1) is 4.83. The number of aliphatic hydroxyl groups is 1. The van der Waals surface area contributed by atoms with Crippen LogP contribution in [0.25, 0.3) is 0 Å². The van der Waals surface area contributed by atoms with Gasteiger partial charge in [-0.15, -0.1) is 0 Å². The fraction of sp³-hybridized carbons (Fsp3) is 1.00. The van der Waals surface area contributed by atoms with Crippen molar-refractivity contribution in [1.29, 1.82) is 0 Å². The Morgan fingerprint density at radius 3 is 2.80 bits per heavy atom. The Kier molecular flexibility index (Phi) is 1.46. The van der Waals surface area contributed by atoms with Crippen molar-refractivity contribution in [3.8, 4) is 0 Å². The topological polar surface area (TPSA) is 29.5 Å². The highest BCUT2D eigenvalue weighted by Crippen LogP contribution is 2.44. The van der Waals surface area contributed by atoms with E-state index in [1.165, 1.54) is 12.8 Å². The molecule has 1 aliphatic heterocycles. The molecule has 2 unspecified atom stereocenters. The van der Waals surface area contributed by atoms with Crippen molar-refractivity contribution in [2.75, 3.05) is 13.2 Å². The third kappa shape index (κ3) is 0.789. The minimum Gasteiger partial charge on any atom is -0.392 e. The van der Waals surface area contributed by atoms with Gasteiger partial charge in [0.1, 0.15) is 0 Å². The molecule has 1 heterocycles. The van der Waals surface area contributed by atoms with Crippen molar-refractivity contribution in [3.63, 3.8) is 0 Å². The van der Waals surface area contributed by atoms with Crippen molar-refractivity contribution >= 4 is 0 Å². The highest BCUT2D eigenvalue weighted by atomic mass is 16.5. The maximum Gasteiger partial charge on any atom is 0.0619 e. The standard InChI is InChI=1S/C8H14O2/c9-7-2-1-3-8(7)4-5-10-6-8/h7,9H,1-6H2. The summed E-state index contributed by atoms with van der Waals surface area (Å²) in [4.78, 5) is 0. The first kappa shape index (κ1) is 6.62. The number of hydrogen-bond donors (Lipinski definition) is 1. The number of aliphatic hydroxyl groups excluding tert-OH is 1. The molecule has 0 aromatic rings. The van der Waals surface area contributed by atoms with Gasteiger partial charge in [-0.3, -0.25) is 0 Å². The summed E-state index contributed by atoms with van der Waals surface area (Å²) in [5, 5.41) is 9.60. The molecule has 2 nitrogen and oxygen atoms in total. The smallest absolute Gasteiger partial charge is 0.0619 e. The van der Waals surface area contributed by atoms with Gasteiger partial charge in [0.25, 0.3) is 0 Å². The first-order valence-electron chi connectivity index (χ1n) is 4.09. The predicted molar refractivity (Wildman–Crippen MR) is 37.7 cm³/mol. The minimum atomic E-state index is -0.0741. The van der Waals surface area contributed by atoms with Crippen molar-refractivity contribution in [3.05, 3.63) is 0 Å². The van der Waals surface area contributed by atoms with Crippen LogP contribution in [0.2, 0.25) is 0 Å². The SMILES string of the molecule is OC1CCCC12CCOC2. The molecule has 58 valence electrons. The molecule has 2 aliphatic rings. The maximum absolute atomic E-state index is 9.60. The molecule has 0 aromatic heterocycles. The van der Waals surface area contributed by atoms with E-state index in [1.54, 1.807) is 0 Å². The highest BCUT2D eigenvalue weighted by molar-refractivity contribution is 4.94. The van der Waals surface area contributed by atoms with Gasteiger partial charge in [-0.2, -0.15) is 0 Å². The van der Waals surface area contributed by atoms with Gasteiger partial charge in [0.2, 0.25) is 0 Å². The van der Waals surface area contributed by atoms with Crippen LogP contribution in [0.15, 0.2) is 0 Å². The van der Waals surface area contributed by atoms with E-state index in [9.17, 15) is 5.11 Å². The molecule has 0 bridgehead atoms. The monoisotopic (exact) mass is 142 g/mol. The van der Waals surface area contributed by atoms with Gasteiger partial charge in [-0.1, -0.05) is 6.42 Å². The van der Waals surface area contributed by atoms with Crippen LogP contribution >= 0.6 is 0 Å². The lowest BCUT2D eigenvalue weighted by Crippen LogP contribution is -2.29. The van der Waals surface area contributed by atoms with Gasteiger partial charge in [-0.05, 0) is 19.3 Å². The summed E-state index contributed by atoms with van der Waals surface area (Å²) in [6.07, 6.45) is 4.35. The van der Waals surface area contributed by atoms with Crippen LogP contribution in [0.3, 0.4) is 0 Å². The molecule has 2 rings (SSSR count). The lowest BCUT2D eigenvalue weighted by molar-refractivity contribution is 0.0404. The average Bonchev–Trinajstić information content (AvgIpc) is 2.48. The molecule has 10 heavy (non-hydrogen) atoms. The Bertz CT molecular complexity index is 122. The molecule has 1 aliphatic carbocycles. The van der Waals surface area contributed by atoms with Gasteiger partial charge in [0.05, 0.1) is 12.7 Å². The molecule has 0 amide bonds. The van der Waals surface area contributed by atoms with E-state index in [0.717, 1.165) is 26.1 Å². The van der Waals surface area contributed by atoms with E-state index in [-0.39, 0.29) is 11.5 Å². The first-order valence-corrected chi connectivity index (χ1v) is 4.09. The molecule has 0 aromatic carbocycles. The van der Waals surface area contributed by atoms with Crippen molar-refractivity contribution in [1.82, 2.24) is 0 Å². The number of ether oxygens (including phenoxy) is 1. The zero-order valence-corrected chi connectivity index (χ0v) is 6.18. The van der Waals surface area contributed by atoms with E-state index in [2.05, 4.69) is 0 Å². The maximum atomic E-state index is 9.60. The van der Waals surface area contributed by atoms with E-state index in [0.29, 0.717) is 0 Å². The van der Waals surface area contributed by atoms with E-state index in [4.69, 9.17) is 4.74 Å². The molecule has 1 saturated carbocycles. The molecule has 1 spiro atoms. The zero-order valence-electron chi connectivity index (χ0n) is 6.18. The third-order valence-corrected chi connectivity index (χ3v) is 2.99. The van der Waals surface area contributed by atoms with Gasteiger partial charge in [-0.25, -0.2) is 0 Å². The highest BCUT2D eigenvalue weighted by Gasteiger charge is 2.44. The molecular weight excluding hydrogens is 128 g/mol. The summed E-state index contributed by atoms with van der Waals surface area (Å²) in [6, 6.07) is 0. The van der Waals surface area contributed by atoms with Crippen molar-refractivity contribution in [2.24, 2.45) is 5.41 Å². The number of rotatable bonds is 0. The van der Waals surface area contributed by atoms with Crippen LogP contribution in [0.4, 0.5) is 0 Å². The molecule has 2 fully saturated rings. The predicted octanol–water partition coefficient (Wildman–Crippen LogP) is 0.938. The lowest BCUT2D eigenvalue weighted by atomic mass is 9.84. The Morgan fingerprint density at radius 1 is 1.40 bits per heavy atom. The van der Waals surface area contributed by atoms with Crippen LogP contribution in [0.1, 0.15) is 25.7 Å². The van der Waals surface area contributed by atoms with Crippen LogP contribution < -0.4 is 0 Å². The summed E-state index contributed by atoms with van der Waals surface area (Å²) < 4.78 is 5.29. The van der Waals surface area contributed by atoms with E-state index in [1.807, 2.05) is 0 Å². The Morgan fingerprint density at radius 2 is 2.30 bits per heavy atom. The summed E-state index contributed by atoms with van der Waals surface area (Å²) in [7, 11) is 0. The van der Waals surface area contributed by atoms with E-state index >= 15 is 0 Å². The summed E-state index contributed by atoms with van der Waals surface area (Å²) >= 11 is 0. The van der Waals surface area contributed by atoms with Crippen LogP contribution in [-0.2, 0) is 4.74 Å². The van der Waals surface area contributed by atoms with Crippen LogP contribution in [0.5, 0.6) is 0 Å². The van der Waals surface area contributed by atoms with Crippen molar-refractivity contribution in [2.45, 2.75) is 31.8 Å². The largest absolute Gasteiger partial charge is 0.392 e. The molecular formula is C8H14O2. The van der Waals surface area contributed by atoms with E-state index < -0.39 is 0 Å². The summed E-state index contributed by atoms with van der Waals surface area (Å²) in [6.45, 7) is 1.66. The van der Waals surface area contributed by atoms with Crippen LogP contribution in [-0.4, -0.2) is 24.4 Å². The summed E-state index contributed by atoms with van der Waals surface area (Å²) in [5.41, 5.74) is 0.181. The Hall–Kier alpha value is -0.0800. The van der Waals surface area contributed by atoms with Crippen molar-refractivity contribution < 1.29 is 9.84 Å². The Labute approximate surface area is 61.2 Å².